The van der Waals surface area contributed by atoms with Gasteiger partial charge >= 0.3 is 5.97 Å². The van der Waals surface area contributed by atoms with Crippen molar-refractivity contribution < 1.29 is 14.7 Å². The number of benzene rings is 1. The van der Waals surface area contributed by atoms with Crippen LogP contribution < -0.4 is 0 Å². The van der Waals surface area contributed by atoms with Crippen LogP contribution in [0.1, 0.15) is 49.3 Å². The van der Waals surface area contributed by atoms with Gasteiger partial charge in [-0.05, 0) is 62.1 Å². The van der Waals surface area contributed by atoms with Crippen molar-refractivity contribution in [3.63, 3.8) is 0 Å². The van der Waals surface area contributed by atoms with Gasteiger partial charge in [0.25, 0.3) is 0 Å². The number of nitrogens with zero attached hydrogens (tertiary/aromatic N) is 1. The Labute approximate surface area is 137 Å². The van der Waals surface area contributed by atoms with Crippen LogP contribution in [-0.4, -0.2) is 34.5 Å². The molecule has 2 atom stereocenters. The van der Waals surface area contributed by atoms with Crippen LogP contribution in [0.3, 0.4) is 0 Å². The van der Waals surface area contributed by atoms with E-state index in [1.165, 1.54) is 24.0 Å². The molecular weight excluding hydrogens is 290 g/mol. The Morgan fingerprint density at radius 3 is 2.65 bits per heavy atom. The van der Waals surface area contributed by atoms with Crippen LogP contribution in [-0.2, 0) is 28.9 Å². The van der Waals surface area contributed by atoms with Gasteiger partial charge in [0, 0.05) is 12.6 Å². The highest BCUT2D eigenvalue weighted by atomic mass is 16.4. The number of carboxylic acids is 1. The van der Waals surface area contributed by atoms with Crippen molar-refractivity contribution in [1.82, 2.24) is 4.90 Å². The average molecular weight is 315 g/mol. The lowest BCUT2D eigenvalue weighted by Gasteiger charge is -2.37. The second kappa shape index (κ2) is 6.73. The van der Waals surface area contributed by atoms with Gasteiger partial charge in [0.2, 0.25) is 5.91 Å². The number of amides is 1. The van der Waals surface area contributed by atoms with Crippen molar-refractivity contribution in [2.75, 3.05) is 6.54 Å². The van der Waals surface area contributed by atoms with Gasteiger partial charge in [-0.1, -0.05) is 18.2 Å². The van der Waals surface area contributed by atoms with Crippen LogP contribution in [0.15, 0.2) is 18.2 Å². The molecular formula is C19H25NO3. The number of hydrogen-bond donors (Lipinski definition) is 1. The van der Waals surface area contributed by atoms with E-state index in [1.54, 1.807) is 4.90 Å². The van der Waals surface area contributed by atoms with Gasteiger partial charge in [0.05, 0.1) is 12.3 Å². The van der Waals surface area contributed by atoms with Crippen molar-refractivity contribution in [3.8, 4) is 0 Å². The number of carbonyl (C=O) groups excluding carboxylic acids is 1. The van der Waals surface area contributed by atoms with E-state index < -0.39 is 11.9 Å². The number of likely N-dealkylation sites (tertiary alicyclic amines) is 1. The summed E-state index contributed by atoms with van der Waals surface area (Å²) >= 11 is 0. The lowest BCUT2D eigenvalue weighted by Crippen LogP contribution is -2.49. The molecule has 1 saturated heterocycles. The first-order valence-electron chi connectivity index (χ1n) is 8.69. The fourth-order valence-electron chi connectivity index (χ4n) is 4.00. The summed E-state index contributed by atoms with van der Waals surface area (Å²) in [6, 6.07) is 6.18. The summed E-state index contributed by atoms with van der Waals surface area (Å²) in [5.74, 6) is -1.17. The lowest BCUT2D eigenvalue weighted by atomic mass is 9.88. The summed E-state index contributed by atoms with van der Waals surface area (Å²) in [4.78, 5) is 25.7. The van der Waals surface area contributed by atoms with Crippen molar-refractivity contribution in [1.29, 1.82) is 0 Å². The van der Waals surface area contributed by atoms with Crippen LogP contribution in [0.4, 0.5) is 0 Å². The Balaban J connectivity index is 1.70. The maximum Gasteiger partial charge on any atom is 0.308 e. The average Bonchev–Trinajstić information content (AvgIpc) is 2.54. The first kappa shape index (κ1) is 16.0. The van der Waals surface area contributed by atoms with E-state index >= 15 is 0 Å². The van der Waals surface area contributed by atoms with Gasteiger partial charge in [-0.25, -0.2) is 0 Å². The second-order valence-corrected chi connectivity index (χ2v) is 6.90. The van der Waals surface area contributed by atoms with Crippen LogP contribution in [0.25, 0.3) is 0 Å². The standard InChI is InChI=1S/C19H25NO3/c1-13-17(19(22)23)7-4-10-20(13)18(21)12-14-8-9-15-5-2-3-6-16(15)11-14/h8-9,11,13,17H,2-7,10,12H2,1H3,(H,22,23)/t13-,17-/m1/s1. The van der Waals surface area contributed by atoms with Crippen LogP contribution in [0.2, 0.25) is 0 Å². The number of aryl methyl sites for hydroxylation is 2. The monoisotopic (exact) mass is 315 g/mol. The fourth-order valence-corrected chi connectivity index (χ4v) is 4.00. The molecule has 1 aromatic rings. The molecule has 0 spiro atoms. The normalized spacial score (nSPS) is 24.1. The highest BCUT2D eigenvalue weighted by Gasteiger charge is 2.35. The Hall–Kier alpha value is -1.84. The SMILES string of the molecule is C[C@@H]1[C@H](C(=O)O)CCCN1C(=O)Cc1ccc2c(c1)CCCC2. The number of aliphatic carboxylic acids is 1. The Morgan fingerprint density at radius 2 is 1.91 bits per heavy atom. The van der Waals surface area contributed by atoms with E-state index in [-0.39, 0.29) is 11.9 Å². The minimum absolute atomic E-state index is 0.0548. The van der Waals surface area contributed by atoms with Gasteiger partial charge in [-0.2, -0.15) is 0 Å². The molecule has 2 aliphatic rings. The first-order chi connectivity index (χ1) is 11.1. The zero-order valence-corrected chi connectivity index (χ0v) is 13.8. The van der Waals surface area contributed by atoms with Crippen molar-refractivity contribution in [2.24, 2.45) is 5.92 Å². The summed E-state index contributed by atoms with van der Waals surface area (Å²) < 4.78 is 0. The summed E-state index contributed by atoms with van der Waals surface area (Å²) in [6.07, 6.45) is 6.56. The number of fused-ring (bicyclic) bond motifs is 1. The van der Waals surface area contributed by atoms with E-state index in [1.807, 2.05) is 6.92 Å². The van der Waals surface area contributed by atoms with Crippen molar-refractivity contribution in [2.45, 2.75) is 57.9 Å². The molecule has 124 valence electrons. The molecule has 0 saturated carbocycles. The summed E-state index contributed by atoms with van der Waals surface area (Å²) in [7, 11) is 0. The minimum atomic E-state index is -0.788. The van der Waals surface area contributed by atoms with Gasteiger partial charge in [-0.15, -0.1) is 0 Å². The number of rotatable bonds is 3. The van der Waals surface area contributed by atoms with Gasteiger partial charge in [0.1, 0.15) is 0 Å². The van der Waals surface area contributed by atoms with Crippen molar-refractivity contribution in [3.05, 3.63) is 34.9 Å². The fraction of sp³-hybridized carbons (Fsp3) is 0.579. The van der Waals surface area contributed by atoms with E-state index in [0.717, 1.165) is 24.8 Å². The molecule has 23 heavy (non-hydrogen) atoms. The molecule has 4 nitrogen and oxygen atoms in total. The topological polar surface area (TPSA) is 57.6 Å². The molecule has 0 unspecified atom stereocenters. The van der Waals surface area contributed by atoms with E-state index in [4.69, 9.17) is 0 Å². The predicted octanol–water partition coefficient (Wildman–Crippen LogP) is 2.82. The molecule has 1 aliphatic heterocycles. The number of hydrogen-bond acceptors (Lipinski definition) is 2. The third-order valence-corrected chi connectivity index (χ3v) is 5.39. The minimum Gasteiger partial charge on any atom is -0.481 e. The van der Waals surface area contributed by atoms with Gasteiger partial charge < -0.3 is 10.0 Å². The molecule has 3 rings (SSSR count). The van der Waals surface area contributed by atoms with Gasteiger partial charge in [-0.3, -0.25) is 9.59 Å². The highest BCUT2D eigenvalue weighted by molar-refractivity contribution is 5.80. The number of carboxylic acid groups (broad SMARTS) is 1. The Bertz CT molecular complexity index is 611. The molecule has 1 N–H and O–H groups in total. The van der Waals surface area contributed by atoms with E-state index in [9.17, 15) is 14.7 Å². The maximum absolute atomic E-state index is 12.6. The molecule has 1 heterocycles. The second-order valence-electron chi connectivity index (χ2n) is 6.90. The summed E-state index contributed by atoms with van der Waals surface area (Å²) in [5.41, 5.74) is 3.86. The van der Waals surface area contributed by atoms with E-state index in [2.05, 4.69) is 18.2 Å². The number of piperidine rings is 1. The lowest BCUT2D eigenvalue weighted by molar-refractivity contribution is -0.148. The summed E-state index contributed by atoms with van der Waals surface area (Å²) in [5, 5.41) is 9.29. The molecule has 0 bridgehead atoms. The smallest absolute Gasteiger partial charge is 0.308 e. The molecule has 0 radical (unpaired) electrons. The molecule has 4 heteroatoms. The zero-order valence-electron chi connectivity index (χ0n) is 13.8. The summed E-state index contributed by atoms with van der Waals surface area (Å²) in [6.45, 7) is 2.54. The van der Waals surface area contributed by atoms with Crippen LogP contribution in [0, 0.1) is 5.92 Å². The third kappa shape index (κ3) is 3.41. The quantitative estimate of drug-likeness (QED) is 0.933. The first-order valence-corrected chi connectivity index (χ1v) is 8.69. The van der Waals surface area contributed by atoms with E-state index in [0.29, 0.717) is 19.4 Å². The molecule has 1 amide bonds. The molecule has 1 aliphatic carbocycles. The maximum atomic E-state index is 12.6. The van der Waals surface area contributed by atoms with Crippen molar-refractivity contribution >= 4 is 11.9 Å². The molecule has 1 aromatic carbocycles. The molecule has 1 fully saturated rings. The largest absolute Gasteiger partial charge is 0.481 e. The van der Waals surface area contributed by atoms with Crippen LogP contribution >= 0.6 is 0 Å². The highest BCUT2D eigenvalue weighted by Crippen LogP contribution is 2.26. The van der Waals surface area contributed by atoms with Gasteiger partial charge in [0.15, 0.2) is 0 Å². The molecule has 0 aromatic heterocycles. The third-order valence-electron chi connectivity index (χ3n) is 5.39. The predicted molar refractivity (Wildman–Crippen MR) is 88.3 cm³/mol. The van der Waals surface area contributed by atoms with Crippen LogP contribution in [0.5, 0.6) is 0 Å². The Kier molecular flexibility index (Phi) is 4.69. The Morgan fingerprint density at radius 1 is 1.17 bits per heavy atom. The number of carbonyl (C=O) groups is 2. The zero-order chi connectivity index (χ0) is 16.4.